The third-order valence-electron chi connectivity index (χ3n) is 3.70. The van der Waals surface area contributed by atoms with Crippen LogP contribution in [-0.4, -0.2) is 10.9 Å². The largest absolute Gasteiger partial charge is 0.322 e. The average molecular weight is 317 g/mol. The smallest absolute Gasteiger partial charge is 0.257 e. The van der Waals surface area contributed by atoms with Crippen molar-refractivity contribution in [3.05, 3.63) is 83.0 Å². The van der Waals surface area contributed by atoms with E-state index in [1.165, 1.54) is 6.20 Å². The number of rotatable bonds is 4. The fourth-order valence-electron chi connectivity index (χ4n) is 2.34. The van der Waals surface area contributed by atoms with Crippen molar-refractivity contribution >= 4 is 17.3 Å². The molecule has 1 amide bonds. The van der Waals surface area contributed by atoms with Crippen molar-refractivity contribution < 1.29 is 4.79 Å². The zero-order chi connectivity index (χ0) is 16.9. The van der Waals surface area contributed by atoms with Crippen LogP contribution in [0.25, 0.3) is 11.1 Å². The highest BCUT2D eigenvalue weighted by molar-refractivity contribution is 6.05. The van der Waals surface area contributed by atoms with Crippen LogP contribution >= 0.6 is 0 Å². The number of aryl methyl sites for hydroxylation is 1. The second kappa shape index (κ2) is 6.83. The van der Waals surface area contributed by atoms with Gasteiger partial charge in [0.25, 0.3) is 5.91 Å². The van der Waals surface area contributed by atoms with Crippen LogP contribution in [0.2, 0.25) is 0 Å². The molecule has 118 valence electrons. The molecule has 5 heteroatoms. The Bertz CT molecular complexity index is 889. The summed E-state index contributed by atoms with van der Waals surface area (Å²) in [5, 5.41) is 5.76. The first-order valence-electron chi connectivity index (χ1n) is 7.43. The van der Waals surface area contributed by atoms with E-state index in [2.05, 4.69) is 15.5 Å². The molecule has 2 aromatic carbocycles. The number of para-hydroxylation sites is 1. The first kappa shape index (κ1) is 15.6. The fraction of sp³-hybridized carbons (Fsp3) is 0.0526. The van der Waals surface area contributed by atoms with Crippen molar-refractivity contribution in [2.75, 3.05) is 5.32 Å². The van der Waals surface area contributed by atoms with Crippen LogP contribution in [0.5, 0.6) is 0 Å². The summed E-state index contributed by atoms with van der Waals surface area (Å²) >= 11 is 0. The SMILES string of the molecule is Cc1ccccc1NC(=O)c1cncc(-c2ccc(N=O)cc2)c1. The summed E-state index contributed by atoms with van der Waals surface area (Å²) in [7, 11) is 0. The number of hydrogen-bond donors (Lipinski definition) is 1. The standard InChI is InChI=1S/C19H15N3O2/c1-13-4-2-3-5-18(13)21-19(23)16-10-15(11-20-12-16)14-6-8-17(22-24)9-7-14/h2-12H,1H3,(H,21,23). The van der Waals surface area contributed by atoms with E-state index in [1.54, 1.807) is 36.5 Å². The lowest BCUT2D eigenvalue weighted by Crippen LogP contribution is -2.13. The predicted molar refractivity (Wildman–Crippen MR) is 94.3 cm³/mol. The highest BCUT2D eigenvalue weighted by Crippen LogP contribution is 2.23. The number of pyridine rings is 1. The van der Waals surface area contributed by atoms with Crippen molar-refractivity contribution in [3.63, 3.8) is 0 Å². The maximum Gasteiger partial charge on any atom is 0.257 e. The van der Waals surface area contributed by atoms with Crippen molar-refractivity contribution in [3.8, 4) is 11.1 Å². The first-order chi connectivity index (χ1) is 11.7. The quantitative estimate of drug-likeness (QED) is 0.708. The number of nitrogens with one attached hydrogen (secondary N) is 1. The Balaban J connectivity index is 1.85. The highest BCUT2D eigenvalue weighted by atomic mass is 16.3. The first-order valence-corrected chi connectivity index (χ1v) is 7.43. The third-order valence-corrected chi connectivity index (χ3v) is 3.70. The number of benzene rings is 2. The topological polar surface area (TPSA) is 71.4 Å². The Morgan fingerprint density at radius 2 is 1.75 bits per heavy atom. The van der Waals surface area contributed by atoms with E-state index in [-0.39, 0.29) is 5.91 Å². The monoisotopic (exact) mass is 317 g/mol. The van der Waals surface area contributed by atoms with E-state index in [0.717, 1.165) is 22.4 Å². The number of aromatic nitrogens is 1. The summed E-state index contributed by atoms with van der Waals surface area (Å²) < 4.78 is 0. The van der Waals surface area contributed by atoms with Gasteiger partial charge < -0.3 is 5.32 Å². The molecule has 0 unspecified atom stereocenters. The molecule has 0 fully saturated rings. The van der Waals surface area contributed by atoms with Gasteiger partial charge in [0.15, 0.2) is 0 Å². The summed E-state index contributed by atoms with van der Waals surface area (Å²) in [4.78, 5) is 27.1. The molecule has 24 heavy (non-hydrogen) atoms. The van der Waals surface area contributed by atoms with Gasteiger partial charge >= 0.3 is 0 Å². The summed E-state index contributed by atoms with van der Waals surface area (Å²) in [5.74, 6) is -0.218. The summed E-state index contributed by atoms with van der Waals surface area (Å²) in [6, 6.07) is 16.2. The molecule has 0 saturated heterocycles. The van der Waals surface area contributed by atoms with Gasteiger partial charge in [0.2, 0.25) is 0 Å². The number of hydrogen-bond acceptors (Lipinski definition) is 4. The maximum absolute atomic E-state index is 12.4. The molecule has 1 aromatic heterocycles. The van der Waals surface area contributed by atoms with E-state index in [0.29, 0.717) is 11.3 Å². The van der Waals surface area contributed by atoms with E-state index in [1.807, 2.05) is 31.2 Å². The van der Waals surface area contributed by atoms with E-state index >= 15 is 0 Å². The normalized spacial score (nSPS) is 10.2. The van der Waals surface area contributed by atoms with E-state index in [4.69, 9.17) is 0 Å². The Labute approximate surface area is 139 Å². The lowest BCUT2D eigenvalue weighted by Gasteiger charge is -2.09. The number of anilines is 1. The highest BCUT2D eigenvalue weighted by Gasteiger charge is 2.09. The molecule has 1 heterocycles. The van der Waals surface area contributed by atoms with Gasteiger partial charge in [-0.1, -0.05) is 30.3 Å². The van der Waals surface area contributed by atoms with Gasteiger partial charge in [-0.05, 0) is 47.5 Å². The van der Waals surface area contributed by atoms with E-state index in [9.17, 15) is 9.70 Å². The molecular weight excluding hydrogens is 302 g/mol. The van der Waals surface area contributed by atoms with Gasteiger partial charge in [0, 0.05) is 23.6 Å². The van der Waals surface area contributed by atoms with Gasteiger partial charge in [-0.2, -0.15) is 0 Å². The minimum atomic E-state index is -0.218. The van der Waals surface area contributed by atoms with Crippen LogP contribution in [0.3, 0.4) is 0 Å². The molecule has 0 spiro atoms. The molecule has 0 aliphatic carbocycles. The Hall–Kier alpha value is -3.34. The van der Waals surface area contributed by atoms with Crippen LogP contribution < -0.4 is 5.32 Å². The summed E-state index contributed by atoms with van der Waals surface area (Å²) in [6.07, 6.45) is 3.20. The van der Waals surface area contributed by atoms with Crippen LogP contribution in [0.15, 0.2) is 72.2 Å². The Morgan fingerprint density at radius 3 is 2.46 bits per heavy atom. The minimum Gasteiger partial charge on any atom is -0.322 e. The number of amides is 1. The van der Waals surface area contributed by atoms with Crippen molar-refractivity contribution in [1.82, 2.24) is 4.98 Å². The molecule has 0 bridgehead atoms. The molecule has 0 aliphatic rings. The maximum atomic E-state index is 12.4. The number of nitroso groups, excluding NO2 is 1. The van der Waals surface area contributed by atoms with Gasteiger partial charge in [0.05, 0.1) is 5.56 Å². The van der Waals surface area contributed by atoms with Crippen LogP contribution in [-0.2, 0) is 0 Å². The number of nitrogens with zero attached hydrogens (tertiary/aromatic N) is 2. The van der Waals surface area contributed by atoms with Gasteiger partial charge in [-0.15, -0.1) is 4.91 Å². The fourth-order valence-corrected chi connectivity index (χ4v) is 2.34. The molecule has 3 rings (SSSR count). The molecule has 3 aromatic rings. The van der Waals surface area contributed by atoms with E-state index < -0.39 is 0 Å². The Kier molecular flexibility index (Phi) is 4.43. The minimum absolute atomic E-state index is 0.218. The molecule has 0 atom stereocenters. The lowest BCUT2D eigenvalue weighted by molar-refractivity contribution is 0.102. The molecule has 0 saturated carbocycles. The third kappa shape index (κ3) is 3.35. The van der Waals surface area contributed by atoms with Crippen LogP contribution in [0.4, 0.5) is 11.4 Å². The average Bonchev–Trinajstić information content (AvgIpc) is 2.64. The molecule has 0 aliphatic heterocycles. The second-order valence-corrected chi connectivity index (χ2v) is 5.37. The molecular formula is C19H15N3O2. The lowest BCUT2D eigenvalue weighted by atomic mass is 10.1. The zero-order valence-electron chi connectivity index (χ0n) is 13.1. The van der Waals surface area contributed by atoms with Gasteiger partial charge in [-0.25, -0.2) is 0 Å². The van der Waals surface area contributed by atoms with Crippen LogP contribution in [0, 0.1) is 11.8 Å². The molecule has 5 nitrogen and oxygen atoms in total. The summed E-state index contributed by atoms with van der Waals surface area (Å²) in [6.45, 7) is 1.94. The van der Waals surface area contributed by atoms with Crippen molar-refractivity contribution in [2.24, 2.45) is 5.18 Å². The Morgan fingerprint density at radius 1 is 1.00 bits per heavy atom. The van der Waals surface area contributed by atoms with Gasteiger partial charge in [0.1, 0.15) is 5.69 Å². The van der Waals surface area contributed by atoms with Crippen LogP contribution in [0.1, 0.15) is 15.9 Å². The second-order valence-electron chi connectivity index (χ2n) is 5.37. The predicted octanol–water partition coefficient (Wildman–Crippen LogP) is 4.71. The zero-order valence-corrected chi connectivity index (χ0v) is 13.1. The number of carbonyl (C=O) groups is 1. The molecule has 0 radical (unpaired) electrons. The number of carbonyl (C=O) groups excluding carboxylic acids is 1. The van der Waals surface area contributed by atoms with Crippen molar-refractivity contribution in [1.29, 1.82) is 0 Å². The van der Waals surface area contributed by atoms with Crippen molar-refractivity contribution in [2.45, 2.75) is 6.92 Å². The van der Waals surface area contributed by atoms with Gasteiger partial charge in [-0.3, -0.25) is 9.78 Å². The molecule has 1 N–H and O–H groups in total. The summed E-state index contributed by atoms with van der Waals surface area (Å²) in [5.41, 5.74) is 4.25.